The number of nitro benzene ring substituents is 1. The normalized spacial score (nSPS) is 21.8. The summed E-state index contributed by atoms with van der Waals surface area (Å²) in [6.45, 7) is 4.82. The highest BCUT2D eigenvalue weighted by Gasteiger charge is 2.24. The molecule has 2 heterocycles. The van der Waals surface area contributed by atoms with E-state index in [0.717, 1.165) is 39.1 Å². The third-order valence-corrected chi connectivity index (χ3v) is 4.71. The van der Waals surface area contributed by atoms with Crippen molar-refractivity contribution in [2.75, 3.05) is 39.3 Å². The summed E-state index contributed by atoms with van der Waals surface area (Å²) in [5.41, 5.74) is 0.450. The second-order valence-electron chi connectivity index (χ2n) is 6.41. The first-order valence-electron chi connectivity index (χ1n) is 8.68. The van der Waals surface area contributed by atoms with E-state index in [2.05, 4.69) is 4.90 Å². The monoisotopic (exact) mass is 345 g/mol. The van der Waals surface area contributed by atoms with Gasteiger partial charge in [0.15, 0.2) is 0 Å². The summed E-state index contributed by atoms with van der Waals surface area (Å²) in [6.07, 6.45) is 5.55. The van der Waals surface area contributed by atoms with Gasteiger partial charge in [0, 0.05) is 51.5 Å². The number of benzene rings is 1. The van der Waals surface area contributed by atoms with Gasteiger partial charge in [-0.3, -0.25) is 19.8 Å². The standard InChI is InChI=1S/C18H23N3O4/c22-18(8-7-15-4-1-2-6-17(15)21(23)24)20-11-9-19(10-12-20)14-16-5-3-13-25-16/h1-2,4,6-8,16H,3,5,9-14H2. The van der Waals surface area contributed by atoms with Crippen molar-refractivity contribution in [1.82, 2.24) is 9.80 Å². The quantitative estimate of drug-likeness (QED) is 0.463. The summed E-state index contributed by atoms with van der Waals surface area (Å²) in [5, 5.41) is 11.0. The molecule has 0 spiro atoms. The Balaban J connectivity index is 1.52. The van der Waals surface area contributed by atoms with Crippen molar-refractivity contribution >= 4 is 17.7 Å². The van der Waals surface area contributed by atoms with Crippen LogP contribution in [0.25, 0.3) is 6.08 Å². The first-order valence-corrected chi connectivity index (χ1v) is 8.68. The number of carbonyl (C=O) groups is 1. The van der Waals surface area contributed by atoms with Gasteiger partial charge in [0.2, 0.25) is 5.91 Å². The number of nitro groups is 1. The van der Waals surface area contributed by atoms with Crippen molar-refractivity contribution in [1.29, 1.82) is 0 Å². The van der Waals surface area contributed by atoms with Crippen molar-refractivity contribution in [2.24, 2.45) is 0 Å². The fraction of sp³-hybridized carbons (Fsp3) is 0.500. The van der Waals surface area contributed by atoms with Gasteiger partial charge in [0.25, 0.3) is 5.69 Å². The van der Waals surface area contributed by atoms with Crippen molar-refractivity contribution in [3.8, 4) is 0 Å². The van der Waals surface area contributed by atoms with Crippen molar-refractivity contribution in [3.63, 3.8) is 0 Å². The molecule has 7 heteroatoms. The third kappa shape index (κ3) is 4.64. The SMILES string of the molecule is O=C(C=Cc1ccccc1[N+](=O)[O-])N1CCN(CC2CCCO2)CC1. The Morgan fingerprint density at radius 2 is 2.04 bits per heavy atom. The Hall–Kier alpha value is -2.25. The molecule has 3 rings (SSSR count). The highest BCUT2D eigenvalue weighted by Crippen LogP contribution is 2.19. The molecular weight excluding hydrogens is 322 g/mol. The average Bonchev–Trinajstić information content (AvgIpc) is 3.13. The number of ether oxygens (including phenoxy) is 1. The van der Waals surface area contributed by atoms with Crippen molar-refractivity contribution in [3.05, 3.63) is 46.0 Å². The zero-order valence-electron chi connectivity index (χ0n) is 14.2. The Bertz CT molecular complexity index is 647. The summed E-state index contributed by atoms with van der Waals surface area (Å²) in [6, 6.07) is 6.42. The lowest BCUT2D eigenvalue weighted by molar-refractivity contribution is -0.385. The minimum Gasteiger partial charge on any atom is -0.377 e. The van der Waals surface area contributed by atoms with Crippen LogP contribution in [0.5, 0.6) is 0 Å². The van der Waals surface area contributed by atoms with Crippen LogP contribution in [0.1, 0.15) is 18.4 Å². The summed E-state index contributed by atoms with van der Waals surface area (Å²) < 4.78 is 5.66. The van der Waals surface area contributed by atoms with E-state index in [1.54, 1.807) is 23.1 Å². The van der Waals surface area contributed by atoms with E-state index in [-0.39, 0.29) is 11.6 Å². The van der Waals surface area contributed by atoms with Crippen LogP contribution >= 0.6 is 0 Å². The number of hydrogen-bond donors (Lipinski definition) is 0. The second-order valence-corrected chi connectivity index (χ2v) is 6.41. The molecule has 2 aliphatic heterocycles. The molecule has 0 saturated carbocycles. The molecule has 7 nitrogen and oxygen atoms in total. The van der Waals surface area contributed by atoms with Gasteiger partial charge in [0.05, 0.1) is 16.6 Å². The van der Waals surface area contributed by atoms with Crippen LogP contribution in [-0.4, -0.2) is 66.1 Å². The molecular formula is C18H23N3O4. The minimum absolute atomic E-state index is 0.00735. The lowest BCUT2D eigenvalue weighted by atomic mass is 10.1. The molecule has 2 fully saturated rings. The second kappa shape index (κ2) is 8.22. The topological polar surface area (TPSA) is 75.9 Å². The maximum Gasteiger partial charge on any atom is 0.276 e. The molecule has 2 aliphatic rings. The molecule has 0 N–H and O–H groups in total. The molecule has 1 aromatic carbocycles. The van der Waals surface area contributed by atoms with Gasteiger partial charge in [-0.25, -0.2) is 0 Å². The molecule has 1 amide bonds. The van der Waals surface area contributed by atoms with Gasteiger partial charge >= 0.3 is 0 Å². The maximum atomic E-state index is 12.3. The Labute approximate surface area is 147 Å². The fourth-order valence-electron chi connectivity index (χ4n) is 3.29. The smallest absolute Gasteiger partial charge is 0.276 e. The van der Waals surface area contributed by atoms with Crippen LogP contribution in [0.3, 0.4) is 0 Å². The van der Waals surface area contributed by atoms with Gasteiger partial charge in [0.1, 0.15) is 0 Å². The van der Waals surface area contributed by atoms with Gasteiger partial charge in [-0.05, 0) is 25.0 Å². The summed E-state index contributed by atoms with van der Waals surface area (Å²) >= 11 is 0. The molecule has 0 aromatic heterocycles. The van der Waals surface area contributed by atoms with Crippen LogP contribution in [0.15, 0.2) is 30.3 Å². The Morgan fingerprint density at radius 1 is 1.28 bits per heavy atom. The molecule has 2 saturated heterocycles. The summed E-state index contributed by atoms with van der Waals surface area (Å²) in [5.74, 6) is -0.102. The summed E-state index contributed by atoms with van der Waals surface area (Å²) in [7, 11) is 0. The van der Waals surface area contributed by atoms with Crippen LogP contribution in [0, 0.1) is 10.1 Å². The van der Waals surface area contributed by atoms with E-state index in [1.807, 2.05) is 0 Å². The Morgan fingerprint density at radius 3 is 2.72 bits per heavy atom. The number of piperazine rings is 1. The molecule has 25 heavy (non-hydrogen) atoms. The Kier molecular flexibility index (Phi) is 5.78. The van der Waals surface area contributed by atoms with E-state index in [9.17, 15) is 14.9 Å². The zero-order valence-corrected chi connectivity index (χ0v) is 14.2. The predicted molar refractivity (Wildman–Crippen MR) is 94.1 cm³/mol. The molecule has 1 aromatic rings. The first kappa shape index (κ1) is 17.6. The largest absolute Gasteiger partial charge is 0.377 e. The highest BCUT2D eigenvalue weighted by atomic mass is 16.6. The minimum atomic E-state index is -0.436. The molecule has 0 bridgehead atoms. The van der Waals surface area contributed by atoms with Gasteiger partial charge < -0.3 is 9.64 Å². The molecule has 1 atom stereocenters. The van der Waals surface area contributed by atoms with Crippen LogP contribution in [0.2, 0.25) is 0 Å². The molecule has 1 unspecified atom stereocenters. The van der Waals surface area contributed by atoms with Crippen LogP contribution < -0.4 is 0 Å². The molecule has 134 valence electrons. The fourth-order valence-corrected chi connectivity index (χ4v) is 3.29. The lowest BCUT2D eigenvalue weighted by Gasteiger charge is -2.35. The number of rotatable bonds is 5. The maximum absolute atomic E-state index is 12.3. The van der Waals surface area contributed by atoms with Crippen molar-refractivity contribution < 1.29 is 14.5 Å². The van der Waals surface area contributed by atoms with Gasteiger partial charge in [-0.15, -0.1) is 0 Å². The predicted octanol–water partition coefficient (Wildman–Crippen LogP) is 1.93. The number of carbonyl (C=O) groups excluding carboxylic acids is 1. The van der Waals surface area contributed by atoms with Gasteiger partial charge in [-0.2, -0.15) is 0 Å². The summed E-state index contributed by atoms with van der Waals surface area (Å²) in [4.78, 5) is 27.0. The van der Waals surface area contributed by atoms with E-state index >= 15 is 0 Å². The van der Waals surface area contributed by atoms with Crippen LogP contribution in [-0.2, 0) is 9.53 Å². The first-order chi connectivity index (χ1) is 12.1. The molecule has 0 radical (unpaired) electrons. The van der Waals surface area contributed by atoms with Crippen LogP contribution in [0.4, 0.5) is 5.69 Å². The highest BCUT2D eigenvalue weighted by molar-refractivity contribution is 5.92. The van der Waals surface area contributed by atoms with E-state index in [1.165, 1.54) is 18.2 Å². The average molecular weight is 345 g/mol. The van der Waals surface area contributed by atoms with E-state index in [0.29, 0.717) is 24.8 Å². The number of amides is 1. The van der Waals surface area contributed by atoms with E-state index < -0.39 is 4.92 Å². The number of nitrogens with zero attached hydrogens (tertiary/aromatic N) is 3. The van der Waals surface area contributed by atoms with E-state index in [4.69, 9.17) is 4.74 Å². The third-order valence-electron chi connectivity index (χ3n) is 4.71. The number of para-hydroxylation sites is 1. The zero-order chi connectivity index (χ0) is 17.6. The lowest BCUT2D eigenvalue weighted by Crippen LogP contribution is -2.50. The van der Waals surface area contributed by atoms with Gasteiger partial charge in [-0.1, -0.05) is 12.1 Å². The molecule has 0 aliphatic carbocycles. The van der Waals surface area contributed by atoms with Crippen molar-refractivity contribution in [2.45, 2.75) is 18.9 Å². The number of hydrogen-bond acceptors (Lipinski definition) is 5.